The normalized spacial score (nSPS) is 14.2. The Bertz CT molecular complexity index is 801. The van der Waals surface area contributed by atoms with Crippen LogP contribution in [0.3, 0.4) is 0 Å². The van der Waals surface area contributed by atoms with Crippen molar-refractivity contribution >= 4 is 23.1 Å². The largest absolute Gasteiger partial charge is 0.371 e. The number of benzene rings is 1. The van der Waals surface area contributed by atoms with E-state index >= 15 is 0 Å². The molecule has 1 aromatic carbocycles. The second-order valence-corrected chi connectivity index (χ2v) is 6.18. The van der Waals surface area contributed by atoms with Gasteiger partial charge in [0.05, 0.1) is 16.2 Å². The SMILES string of the molecule is Cc1ccnc(NC(=O)c2cc([N+](=O)[O-])ccc2N2CCCCC2)c1. The number of hydrogen-bond donors (Lipinski definition) is 1. The smallest absolute Gasteiger partial charge is 0.270 e. The van der Waals surface area contributed by atoms with Gasteiger partial charge in [0.25, 0.3) is 11.6 Å². The van der Waals surface area contributed by atoms with Gasteiger partial charge < -0.3 is 10.2 Å². The molecule has 1 amide bonds. The summed E-state index contributed by atoms with van der Waals surface area (Å²) >= 11 is 0. The number of rotatable bonds is 4. The van der Waals surface area contributed by atoms with Crippen molar-refractivity contribution in [1.82, 2.24) is 4.98 Å². The molecule has 2 heterocycles. The second kappa shape index (κ2) is 7.29. The fourth-order valence-electron chi connectivity index (χ4n) is 3.02. The van der Waals surface area contributed by atoms with Gasteiger partial charge in [-0.15, -0.1) is 0 Å². The monoisotopic (exact) mass is 340 g/mol. The lowest BCUT2D eigenvalue weighted by molar-refractivity contribution is -0.384. The third-order valence-corrected chi connectivity index (χ3v) is 4.29. The molecule has 3 rings (SSSR count). The third-order valence-electron chi connectivity index (χ3n) is 4.29. The lowest BCUT2D eigenvalue weighted by atomic mass is 10.1. The van der Waals surface area contributed by atoms with Gasteiger partial charge in [-0.2, -0.15) is 0 Å². The Hall–Kier alpha value is -2.96. The first kappa shape index (κ1) is 16.9. The molecule has 1 aliphatic rings. The van der Waals surface area contributed by atoms with Crippen molar-refractivity contribution in [3.8, 4) is 0 Å². The van der Waals surface area contributed by atoms with E-state index in [9.17, 15) is 14.9 Å². The Kier molecular flexibility index (Phi) is 4.92. The molecule has 0 aliphatic carbocycles. The number of nitro groups is 1. The summed E-state index contributed by atoms with van der Waals surface area (Å²) in [6.45, 7) is 3.60. The van der Waals surface area contributed by atoms with Crippen LogP contribution in [0.4, 0.5) is 17.2 Å². The van der Waals surface area contributed by atoms with E-state index in [1.165, 1.54) is 12.1 Å². The number of pyridine rings is 1. The molecule has 7 nitrogen and oxygen atoms in total. The van der Waals surface area contributed by atoms with Crippen molar-refractivity contribution < 1.29 is 9.72 Å². The van der Waals surface area contributed by atoms with Crippen LogP contribution < -0.4 is 10.2 Å². The lowest BCUT2D eigenvalue weighted by Crippen LogP contribution is -2.31. The number of carbonyl (C=O) groups is 1. The minimum Gasteiger partial charge on any atom is -0.371 e. The Balaban J connectivity index is 1.94. The van der Waals surface area contributed by atoms with Crippen LogP contribution in [0, 0.1) is 17.0 Å². The van der Waals surface area contributed by atoms with Gasteiger partial charge in [0.15, 0.2) is 0 Å². The van der Waals surface area contributed by atoms with Crippen LogP contribution in [0.25, 0.3) is 0 Å². The van der Waals surface area contributed by atoms with Crippen LogP contribution in [0.5, 0.6) is 0 Å². The van der Waals surface area contributed by atoms with E-state index in [1.54, 1.807) is 18.3 Å². The van der Waals surface area contributed by atoms with E-state index in [4.69, 9.17) is 0 Å². The Morgan fingerprint density at radius 2 is 1.96 bits per heavy atom. The van der Waals surface area contributed by atoms with E-state index in [2.05, 4.69) is 15.2 Å². The average molecular weight is 340 g/mol. The van der Waals surface area contributed by atoms with E-state index in [-0.39, 0.29) is 11.6 Å². The van der Waals surface area contributed by atoms with Crippen LogP contribution >= 0.6 is 0 Å². The molecule has 130 valence electrons. The number of nitrogens with zero attached hydrogens (tertiary/aromatic N) is 3. The highest BCUT2D eigenvalue weighted by Gasteiger charge is 2.22. The summed E-state index contributed by atoms with van der Waals surface area (Å²) in [5, 5.41) is 13.9. The highest BCUT2D eigenvalue weighted by molar-refractivity contribution is 6.08. The summed E-state index contributed by atoms with van der Waals surface area (Å²) < 4.78 is 0. The van der Waals surface area contributed by atoms with Crippen LogP contribution in [-0.4, -0.2) is 28.9 Å². The highest BCUT2D eigenvalue weighted by Crippen LogP contribution is 2.28. The molecule has 0 radical (unpaired) electrons. The van der Waals surface area contributed by atoms with E-state index < -0.39 is 4.92 Å². The maximum atomic E-state index is 12.8. The number of carbonyl (C=O) groups excluding carboxylic acids is 1. The zero-order chi connectivity index (χ0) is 17.8. The zero-order valence-corrected chi connectivity index (χ0v) is 14.1. The molecule has 1 saturated heterocycles. The summed E-state index contributed by atoms with van der Waals surface area (Å²) in [7, 11) is 0. The van der Waals surface area contributed by atoms with Crippen molar-refractivity contribution in [2.24, 2.45) is 0 Å². The van der Waals surface area contributed by atoms with Gasteiger partial charge in [0.1, 0.15) is 5.82 Å². The molecule has 0 saturated carbocycles. The van der Waals surface area contributed by atoms with Crippen molar-refractivity contribution in [1.29, 1.82) is 0 Å². The van der Waals surface area contributed by atoms with Crippen molar-refractivity contribution in [3.63, 3.8) is 0 Å². The first-order valence-electron chi connectivity index (χ1n) is 8.32. The number of hydrogen-bond acceptors (Lipinski definition) is 5. The molecule has 2 aromatic rings. The maximum Gasteiger partial charge on any atom is 0.270 e. The van der Waals surface area contributed by atoms with Gasteiger partial charge >= 0.3 is 0 Å². The number of nitro benzene ring substituents is 1. The summed E-state index contributed by atoms with van der Waals surface area (Å²) in [6.07, 6.45) is 4.89. The molecule has 1 fully saturated rings. The van der Waals surface area contributed by atoms with Crippen LogP contribution in [0.1, 0.15) is 35.2 Å². The van der Waals surface area contributed by atoms with Gasteiger partial charge in [-0.3, -0.25) is 14.9 Å². The molecular weight excluding hydrogens is 320 g/mol. The van der Waals surface area contributed by atoms with Crippen molar-refractivity contribution in [2.75, 3.05) is 23.3 Å². The van der Waals surface area contributed by atoms with Gasteiger partial charge in [0, 0.05) is 31.4 Å². The Morgan fingerprint density at radius 3 is 2.64 bits per heavy atom. The number of non-ortho nitro benzene ring substituents is 1. The standard InChI is InChI=1S/C18H20N4O3/c1-13-7-8-19-17(11-13)20-18(23)15-12-14(22(24)25)5-6-16(15)21-9-3-2-4-10-21/h5-8,11-12H,2-4,9-10H2,1H3,(H,19,20,23). The summed E-state index contributed by atoms with van der Waals surface area (Å²) in [5.41, 5.74) is 1.92. The minimum absolute atomic E-state index is 0.0943. The number of nitrogens with one attached hydrogen (secondary N) is 1. The summed E-state index contributed by atoms with van der Waals surface area (Å²) in [6, 6.07) is 8.06. The van der Waals surface area contributed by atoms with Crippen LogP contribution in [0.15, 0.2) is 36.5 Å². The molecule has 0 spiro atoms. The molecule has 0 bridgehead atoms. The molecular formula is C18H20N4O3. The van der Waals surface area contributed by atoms with Gasteiger partial charge in [-0.05, 0) is 49.9 Å². The molecule has 0 atom stereocenters. The number of aromatic nitrogens is 1. The number of amides is 1. The molecule has 1 aromatic heterocycles. The molecule has 0 unspecified atom stereocenters. The molecule has 1 aliphatic heterocycles. The fraction of sp³-hybridized carbons (Fsp3) is 0.333. The fourth-order valence-corrected chi connectivity index (χ4v) is 3.02. The predicted molar refractivity (Wildman–Crippen MR) is 96.1 cm³/mol. The quantitative estimate of drug-likeness (QED) is 0.679. The number of anilines is 2. The zero-order valence-electron chi connectivity index (χ0n) is 14.1. The van der Waals surface area contributed by atoms with Crippen LogP contribution in [0.2, 0.25) is 0 Å². The summed E-state index contributed by atoms with van der Waals surface area (Å²) in [5.74, 6) is 0.0449. The number of piperidine rings is 1. The average Bonchev–Trinajstić information content (AvgIpc) is 2.62. The first-order chi connectivity index (χ1) is 12.0. The van der Waals surface area contributed by atoms with E-state index in [1.807, 2.05) is 13.0 Å². The number of aryl methyl sites for hydroxylation is 1. The first-order valence-corrected chi connectivity index (χ1v) is 8.32. The van der Waals surface area contributed by atoms with E-state index in [0.717, 1.165) is 43.6 Å². The molecule has 25 heavy (non-hydrogen) atoms. The Morgan fingerprint density at radius 1 is 1.20 bits per heavy atom. The van der Waals surface area contributed by atoms with Gasteiger partial charge in [0.2, 0.25) is 0 Å². The predicted octanol–water partition coefficient (Wildman–Crippen LogP) is 3.54. The molecule has 1 N–H and O–H groups in total. The topological polar surface area (TPSA) is 88.4 Å². The Labute approximate surface area is 145 Å². The lowest BCUT2D eigenvalue weighted by Gasteiger charge is -2.30. The van der Waals surface area contributed by atoms with Crippen molar-refractivity contribution in [2.45, 2.75) is 26.2 Å². The molecule has 7 heteroatoms. The van der Waals surface area contributed by atoms with E-state index in [0.29, 0.717) is 11.4 Å². The third kappa shape index (κ3) is 3.93. The highest BCUT2D eigenvalue weighted by atomic mass is 16.6. The second-order valence-electron chi connectivity index (χ2n) is 6.18. The van der Waals surface area contributed by atoms with Crippen LogP contribution in [-0.2, 0) is 0 Å². The summed E-state index contributed by atoms with van der Waals surface area (Å²) in [4.78, 5) is 29.6. The van der Waals surface area contributed by atoms with Gasteiger partial charge in [-0.25, -0.2) is 4.98 Å². The minimum atomic E-state index is -0.484. The van der Waals surface area contributed by atoms with Gasteiger partial charge in [-0.1, -0.05) is 0 Å². The van der Waals surface area contributed by atoms with Crippen molar-refractivity contribution in [3.05, 3.63) is 57.8 Å². The maximum absolute atomic E-state index is 12.8.